The molecule has 0 fully saturated rings. The van der Waals surface area contributed by atoms with E-state index in [9.17, 15) is 9.90 Å². The summed E-state index contributed by atoms with van der Waals surface area (Å²) in [6.45, 7) is 0.956. The Hall–Kier alpha value is -3.50. The van der Waals surface area contributed by atoms with Crippen molar-refractivity contribution in [3.63, 3.8) is 0 Å². The molecule has 10 heteroatoms. The van der Waals surface area contributed by atoms with Crippen molar-refractivity contribution in [1.82, 2.24) is 20.0 Å². The monoisotopic (exact) mass is 496 g/mol. The zero-order chi connectivity index (χ0) is 22.7. The largest absolute Gasteiger partial charge is 0.507 e. The van der Waals surface area contributed by atoms with Crippen LogP contribution in [0.2, 0.25) is 0 Å². The second kappa shape index (κ2) is 9.33. The number of nitrogen functional groups attached to an aromatic ring is 1. The van der Waals surface area contributed by atoms with Gasteiger partial charge in [-0.05, 0) is 36.8 Å². The number of aromatic nitrogens is 3. The number of methoxy groups -OCH3 is 1. The first kappa shape index (κ1) is 21.7. The maximum Gasteiger partial charge on any atom is 0.257 e. The number of nitrogens with two attached hydrogens (primary N) is 1. The Kier molecular flexibility index (Phi) is 6.33. The molecule has 2 aromatic heterocycles. The fraction of sp³-hybridized carbons (Fsp3) is 0.182. The minimum Gasteiger partial charge on any atom is -0.507 e. The number of carbonyl (C=O) groups is 1. The van der Waals surface area contributed by atoms with Crippen LogP contribution >= 0.6 is 15.9 Å². The van der Waals surface area contributed by atoms with Crippen LogP contribution in [0.15, 0.2) is 52.0 Å². The minimum atomic E-state index is -0.368. The summed E-state index contributed by atoms with van der Waals surface area (Å²) in [7, 11) is 1.61. The van der Waals surface area contributed by atoms with Crippen LogP contribution in [0.1, 0.15) is 22.3 Å². The molecule has 0 aliphatic heterocycles. The number of phenols is 1. The summed E-state index contributed by atoms with van der Waals surface area (Å²) in [4.78, 5) is 22.2. The van der Waals surface area contributed by atoms with Gasteiger partial charge in [0.15, 0.2) is 5.65 Å². The Morgan fingerprint density at radius 2 is 2.03 bits per heavy atom. The van der Waals surface area contributed by atoms with Gasteiger partial charge >= 0.3 is 0 Å². The molecule has 4 rings (SSSR count). The first-order valence-corrected chi connectivity index (χ1v) is 10.7. The molecule has 0 atom stereocenters. The summed E-state index contributed by atoms with van der Waals surface area (Å²) in [6.07, 6.45) is 2.11. The highest BCUT2D eigenvalue weighted by atomic mass is 79.9. The lowest BCUT2D eigenvalue weighted by Gasteiger charge is -2.05. The number of ether oxygens (including phenoxy) is 1. The lowest BCUT2D eigenvalue weighted by molar-refractivity contribution is 0.0951. The number of rotatable bonds is 7. The highest BCUT2D eigenvalue weighted by molar-refractivity contribution is 9.10. The number of hydrogen-bond donors (Lipinski definition) is 3. The smallest absolute Gasteiger partial charge is 0.257 e. The molecule has 0 bridgehead atoms. The van der Waals surface area contributed by atoms with Gasteiger partial charge in [-0.25, -0.2) is 9.97 Å². The molecule has 0 aliphatic carbocycles. The second-order valence-corrected chi connectivity index (χ2v) is 7.92. The van der Waals surface area contributed by atoms with Crippen LogP contribution in [-0.4, -0.2) is 52.1 Å². The average molecular weight is 497 g/mol. The maximum absolute atomic E-state index is 13.0. The molecule has 0 radical (unpaired) electrons. The van der Waals surface area contributed by atoms with E-state index < -0.39 is 0 Å². The molecule has 2 aromatic carbocycles. The van der Waals surface area contributed by atoms with E-state index in [2.05, 4.69) is 36.3 Å². The van der Waals surface area contributed by atoms with Crippen LogP contribution in [-0.2, 0) is 4.74 Å². The van der Waals surface area contributed by atoms with E-state index in [1.54, 1.807) is 25.3 Å². The molecule has 4 aromatic rings. The number of phenolic OH excluding ortho intramolecular Hbond substituents is 1. The highest BCUT2D eigenvalue weighted by Crippen LogP contribution is 2.28. The Labute approximate surface area is 192 Å². The first-order valence-electron chi connectivity index (χ1n) is 9.86. The standard InChI is InChI=1S/C22H21BrN6O3/c1-32-10-4-9-25-22(31)18-19-21(28-16-6-3-2-5-15(16)27-19)29(20(18)24)26-12-13-11-14(23)7-8-17(13)30/h2-3,5-8,11-12,30H,4,9-10,24H2,1H3,(H,25,31). The number of aromatic hydroxyl groups is 1. The number of halogens is 1. The Bertz CT molecular complexity index is 1330. The number of carbonyl (C=O) groups excluding carboxylic acids is 1. The van der Waals surface area contributed by atoms with Gasteiger partial charge in [0.1, 0.15) is 22.6 Å². The number of amides is 1. The van der Waals surface area contributed by atoms with Gasteiger partial charge in [0.25, 0.3) is 5.91 Å². The summed E-state index contributed by atoms with van der Waals surface area (Å²) in [6, 6.07) is 12.3. The second-order valence-electron chi connectivity index (χ2n) is 7.01. The van der Waals surface area contributed by atoms with E-state index in [1.165, 1.54) is 10.9 Å². The van der Waals surface area contributed by atoms with E-state index >= 15 is 0 Å². The molecule has 0 saturated heterocycles. The predicted molar refractivity (Wildman–Crippen MR) is 127 cm³/mol. The number of fused-ring (bicyclic) bond motifs is 2. The van der Waals surface area contributed by atoms with E-state index in [0.717, 1.165) is 4.47 Å². The van der Waals surface area contributed by atoms with Crippen molar-refractivity contribution in [1.29, 1.82) is 0 Å². The zero-order valence-electron chi connectivity index (χ0n) is 17.2. The number of hydrogen-bond acceptors (Lipinski definition) is 7. The van der Waals surface area contributed by atoms with Crippen molar-refractivity contribution >= 4 is 56.1 Å². The van der Waals surface area contributed by atoms with E-state index in [0.29, 0.717) is 47.3 Å². The predicted octanol–water partition coefficient (Wildman–Crippen LogP) is 3.28. The Morgan fingerprint density at radius 3 is 2.78 bits per heavy atom. The number of anilines is 1. The molecule has 0 unspecified atom stereocenters. The van der Waals surface area contributed by atoms with Crippen LogP contribution in [0.4, 0.5) is 5.82 Å². The number of nitrogens with zero attached hydrogens (tertiary/aromatic N) is 4. The lowest BCUT2D eigenvalue weighted by atomic mass is 10.2. The summed E-state index contributed by atoms with van der Waals surface area (Å²) in [5, 5.41) is 17.4. The summed E-state index contributed by atoms with van der Waals surface area (Å²) >= 11 is 3.37. The molecule has 0 saturated carbocycles. The fourth-order valence-corrected chi connectivity index (χ4v) is 3.62. The SMILES string of the molecule is COCCCNC(=O)c1c(N)n(N=Cc2cc(Br)ccc2O)c2nc3ccccc3nc12. The maximum atomic E-state index is 13.0. The van der Waals surface area contributed by atoms with Crippen LogP contribution < -0.4 is 11.1 Å². The molecule has 32 heavy (non-hydrogen) atoms. The Balaban J connectivity index is 1.83. The van der Waals surface area contributed by atoms with E-state index in [4.69, 9.17) is 10.5 Å². The third kappa shape index (κ3) is 4.27. The van der Waals surface area contributed by atoms with Crippen molar-refractivity contribution in [3.05, 3.63) is 58.1 Å². The molecule has 4 N–H and O–H groups in total. The van der Waals surface area contributed by atoms with Crippen molar-refractivity contribution in [2.45, 2.75) is 6.42 Å². The summed E-state index contributed by atoms with van der Waals surface area (Å²) in [5.74, 6) is -0.211. The van der Waals surface area contributed by atoms with Gasteiger partial charge in [0.05, 0.1) is 17.2 Å². The van der Waals surface area contributed by atoms with Crippen molar-refractivity contribution in [2.24, 2.45) is 5.10 Å². The van der Waals surface area contributed by atoms with Gasteiger partial charge in [-0.3, -0.25) is 4.79 Å². The summed E-state index contributed by atoms with van der Waals surface area (Å²) in [5.41, 5.74) is 9.00. The summed E-state index contributed by atoms with van der Waals surface area (Å²) < 4.78 is 7.16. The van der Waals surface area contributed by atoms with Crippen molar-refractivity contribution in [3.8, 4) is 5.75 Å². The quantitative estimate of drug-likeness (QED) is 0.266. The van der Waals surface area contributed by atoms with E-state index in [1.807, 2.05) is 24.3 Å². The first-order chi connectivity index (χ1) is 15.5. The number of benzene rings is 2. The van der Waals surface area contributed by atoms with Gasteiger partial charge in [-0.15, -0.1) is 0 Å². The molecule has 1 amide bonds. The van der Waals surface area contributed by atoms with Gasteiger partial charge < -0.3 is 20.9 Å². The Morgan fingerprint density at radius 1 is 1.28 bits per heavy atom. The molecular formula is C22H21BrN6O3. The van der Waals surface area contributed by atoms with Crippen molar-refractivity contribution in [2.75, 3.05) is 26.0 Å². The number of para-hydroxylation sites is 2. The van der Waals surface area contributed by atoms with Crippen molar-refractivity contribution < 1.29 is 14.6 Å². The molecule has 164 valence electrons. The van der Waals surface area contributed by atoms with Gasteiger partial charge in [0.2, 0.25) is 0 Å². The molecule has 9 nitrogen and oxygen atoms in total. The highest BCUT2D eigenvalue weighted by Gasteiger charge is 2.23. The van der Waals surface area contributed by atoms with Crippen LogP contribution in [0.3, 0.4) is 0 Å². The normalized spacial score (nSPS) is 11.6. The molecular weight excluding hydrogens is 476 g/mol. The van der Waals surface area contributed by atoms with Crippen LogP contribution in [0, 0.1) is 0 Å². The van der Waals surface area contributed by atoms with E-state index in [-0.39, 0.29) is 23.0 Å². The third-order valence-electron chi connectivity index (χ3n) is 4.81. The minimum absolute atomic E-state index is 0.0552. The molecule has 2 heterocycles. The molecule has 0 spiro atoms. The zero-order valence-corrected chi connectivity index (χ0v) is 18.8. The van der Waals surface area contributed by atoms with Crippen LogP contribution in [0.5, 0.6) is 5.75 Å². The number of nitrogens with one attached hydrogen (secondary N) is 1. The van der Waals surface area contributed by atoms with Gasteiger partial charge in [0, 0.05) is 30.3 Å². The molecule has 0 aliphatic rings. The van der Waals surface area contributed by atoms with Gasteiger partial charge in [-0.1, -0.05) is 28.1 Å². The fourth-order valence-electron chi connectivity index (χ4n) is 3.24. The lowest BCUT2D eigenvalue weighted by Crippen LogP contribution is -2.26. The third-order valence-corrected chi connectivity index (χ3v) is 5.31. The average Bonchev–Trinajstić information content (AvgIpc) is 3.05. The topological polar surface area (TPSA) is 128 Å². The van der Waals surface area contributed by atoms with Crippen LogP contribution in [0.25, 0.3) is 22.2 Å². The van der Waals surface area contributed by atoms with Gasteiger partial charge in [-0.2, -0.15) is 9.78 Å².